The number of benzene rings is 1. The van der Waals surface area contributed by atoms with Crippen molar-refractivity contribution in [3.8, 4) is 0 Å². The van der Waals surface area contributed by atoms with Crippen molar-refractivity contribution in [1.29, 1.82) is 0 Å². The number of rotatable bonds is 5. The normalized spacial score (nSPS) is 11.7. The van der Waals surface area contributed by atoms with Crippen LogP contribution in [-0.4, -0.2) is 17.6 Å². The maximum absolute atomic E-state index is 13.1. The fourth-order valence-corrected chi connectivity index (χ4v) is 1.13. The molecule has 0 heterocycles. The number of oxime groups is 1. The van der Waals surface area contributed by atoms with E-state index in [1.807, 2.05) is 0 Å². The lowest BCUT2D eigenvalue weighted by atomic mass is 10.2. The molecule has 0 aliphatic rings. The Balaban J connectivity index is 2.29. The maximum Gasteiger partial charge on any atom is 0.140 e. The maximum atomic E-state index is 13.1. The zero-order valence-corrected chi connectivity index (χ0v) is 8.28. The lowest BCUT2D eigenvalue weighted by Crippen LogP contribution is -2.22. The quantitative estimate of drug-likeness (QED) is 0.224. The minimum absolute atomic E-state index is 0.163. The zero-order valence-electron chi connectivity index (χ0n) is 8.28. The number of amidine groups is 1. The summed E-state index contributed by atoms with van der Waals surface area (Å²) in [5.41, 5.74) is 5.88. The van der Waals surface area contributed by atoms with E-state index < -0.39 is 0 Å². The second-order valence-corrected chi connectivity index (χ2v) is 3.11. The molecular formula is C10H14FN3O. The van der Waals surface area contributed by atoms with Gasteiger partial charge in [-0.25, -0.2) is 4.39 Å². The SMILES string of the molecule is NC(CCNCc1ccccc1F)=NO. The van der Waals surface area contributed by atoms with Crippen LogP contribution in [0.15, 0.2) is 29.4 Å². The number of nitrogens with one attached hydrogen (secondary N) is 1. The fraction of sp³-hybridized carbons (Fsp3) is 0.300. The lowest BCUT2D eigenvalue weighted by Gasteiger charge is -2.04. The number of nitrogens with two attached hydrogens (primary N) is 1. The molecule has 0 amide bonds. The van der Waals surface area contributed by atoms with Crippen LogP contribution in [0.1, 0.15) is 12.0 Å². The second kappa shape index (κ2) is 5.98. The van der Waals surface area contributed by atoms with Crippen molar-refractivity contribution >= 4 is 5.84 Å². The molecular weight excluding hydrogens is 197 g/mol. The van der Waals surface area contributed by atoms with Gasteiger partial charge < -0.3 is 16.3 Å². The van der Waals surface area contributed by atoms with E-state index >= 15 is 0 Å². The van der Waals surface area contributed by atoms with Crippen LogP contribution in [0.25, 0.3) is 0 Å². The Morgan fingerprint density at radius 3 is 2.87 bits per heavy atom. The molecule has 1 aromatic carbocycles. The first-order valence-electron chi connectivity index (χ1n) is 4.64. The third-order valence-electron chi connectivity index (χ3n) is 1.96. The van der Waals surface area contributed by atoms with E-state index in [0.29, 0.717) is 25.1 Å². The first-order valence-corrected chi connectivity index (χ1v) is 4.64. The minimum atomic E-state index is -0.228. The van der Waals surface area contributed by atoms with Crippen molar-refractivity contribution in [3.05, 3.63) is 35.6 Å². The van der Waals surface area contributed by atoms with Gasteiger partial charge in [-0.1, -0.05) is 23.4 Å². The zero-order chi connectivity index (χ0) is 11.1. The summed E-state index contributed by atoms with van der Waals surface area (Å²) in [6.45, 7) is 0.982. The Kier molecular flexibility index (Phi) is 4.56. The van der Waals surface area contributed by atoms with Crippen molar-refractivity contribution in [1.82, 2.24) is 5.32 Å². The summed E-state index contributed by atoms with van der Waals surface area (Å²) in [5.74, 6) is -0.0650. The first kappa shape index (κ1) is 11.5. The Labute approximate surface area is 87.6 Å². The van der Waals surface area contributed by atoms with Gasteiger partial charge in [-0.2, -0.15) is 0 Å². The van der Waals surface area contributed by atoms with Crippen LogP contribution in [0.5, 0.6) is 0 Å². The van der Waals surface area contributed by atoms with Crippen LogP contribution in [0.2, 0.25) is 0 Å². The van der Waals surface area contributed by atoms with Crippen LogP contribution in [0.3, 0.4) is 0 Å². The Morgan fingerprint density at radius 1 is 1.47 bits per heavy atom. The molecule has 1 aromatic rings. The molecule has 0 aromatic heterocycles. The molecule has 0 aliphatic heterocycles. The average molecular weight is 211 g/mol. The van der Waals surface area contributed by atoms with Gasteiger partial charge in [0.15, 0.2) is 0 Å². The van der Waals surface area contributed by atoms with Gasteiger partial charge in [-0.15, -0.1) is 0 Å². The van der Waals surface area contributed by atoms with Gasteiger partial charge in [0.2, 0.25) is 0 Å². The Hall–Kier alpha value is -1.62. The van der Waals surface area contributed by atoms with Gasteiger partial charge in [0.1, 0.15) is 11.7 Å². The van der Waals surface area contributed by atoms with Gasteiger partial charge in [0.25, 0.3) is 0 Å². The van der Waals surface area contributed by atoms with E-state index in [4.69, 9.17) is 10.9 Å². The largest absolute Gasteiger partial charge is 0.409 e. The van der Waals surface area contributed by atoms with Crippen LogP contribution in [0.4, 0.5) is 4.39 Å². The molecule has 0 radical (unpaired) electrons. The molecule has 0 saturated carbocycles. The Bertz CT molecular complexity index is 341. The molecule has 0 fully saturated rings. The lowest BCUT2D eigenvalue weighted by molar-refractivity contribution is 0.316. The van der Waals surface area contributed by atoms with Gasteiger partial charge in [-0.3, -0.25) is 0 Å². The predicted octanol–water partition coefficient (Wildman–Crippen LogP) is 1.05. The molecule has 0 atom stereocenters. The Morgan fingerprint density at radius 2 is 2.20 bits per heavy atom. The molecule has 1 rings (SSSR count). The summed E-state index contributed by atoms with van der Waals surface area (Å²) < 4.78 is 13.1. The van der Waals surface area contributed by atoms with E-state index in [1.54, 1.807) is 18.2 Å². The van der Waals surface area contributed by atoms with Crippen molar-refractivity contribution in [2.75, 3.05) is 6.54 Å². The second-order valence-electron chi connectivity index (χ2n) is 3.11. The van der Waals surface area contributed by atoms with Crippen molar-refractivity contribution in [2.24, 2.45) is 10.9 Å². The molecule has 4 nitrogen and oxygen atoms in total. The number of hydrogen-bond acceptors (Lipinski definition) is 3. The summed E-state index contributed by atoms with van der Waals surface area (Å²) >= 11 is 0. The average Bonchev–Trinajstić information content (AvgIpc) is 2.26. The summed E-state index contributed by atoms with van der Waals surface area (Å²) in [6, 6.07) is 6.56. The first-order chi connectivity index (χ1) is 7.24. The highest BCUT2D eigenvalue weighted by Gasteiger charge is 1.99. The number of halogens is 1. The number of nitrogens with zero attached hydrogens (tertiary/aromatic N) is 1. The van der Waals surface area contributed by atoms with Crippen LogP contribution in [-0.2, 0) is 6.54 Å². The van der Waals surface area contributed by atoms with Crippen molar-refractivity contribution < 1.29 is 9.60 Å². The van der Waals surface area contributed by atoms with Crippen LogP contribution < -0.4 is 11.1 Å². The third-order valence-corrected chi connectivity index (χ3v) is 1.96. The van der Waals surface area contributed by atoms with Crippen molar-refractivity contribution in [2.45, 2.75) is 13.0 Å². The third kappa shape index (κ3) is 3.95. The van der Waals surface area contributed by atoms with E-state index in [1.165, 1.54) is 6.07 Å². The molecule has 0 spiro atoms. The smallest absolute Gasteiger partial charge is 0.140 e. The molecule has 15 heavy (non-hydrogen) atoms. The van der Waals surface area contributed by atoms with Crippen LogP contribution >= 0.6 is 0 Å². The minimum Gasteiger partial charge on any atom is -0.409 e. The highest BCUT2D eigenvalue weighted by Crippen LogP contribution is 2.05. The van der Waals surface area contributed by atoms with E-state index in [2.05, 4.69) is 10.5 Å². The van der Waals surface area contributed by atoms with Gasteiger partial charge in [0.05, 0.1) is 0 Å². The highest BCUT2D eigenvalue weighted by molar-refractivity contribution is 5.79. The van der Waals surface area contributed by atoms with Crippen LogP contribution in [0, 0.1) is 5.82 Å². The molecule has 0 unspecified atom stereocenters. The molecule has 5 heteroatoms. The molecule has 4 N–H and O–H groups in total. The standard InChI is InChI=1S/C10H14FN3O/c11-9-4-2-1-3-8(9)7-13-6-5-10(12)14-15/h1-4,13,15H,5-7H2,(H2,12,14). The fourth-order valence-electron chi connectivity index (χ4n) is 1.13. The molecule has 0 saturated heterocycles. The summed E-state index contributed by atoms with van der Waals surface area (Å²) in [6.07, 6.45) is 0.435. The highest BCUT2D eigenvalue weighted by atomic mass is 19.1. The van der Waals surface area contributed by atoms with Gasteiger partial charge >= 0.3 is 0 Å². The van der Waals surface area contributed by atoms with E-state index in [0.717, 1.165) is 0 Å². The molecule has 82 valence electrons. The number of hydrogen-bond donors (Lipinski definition) is 3. The van der Waals surface area contributed by atoms with Gasteiger partial charge in [0, 0.05) is 25.1 Å². The summed E-state index contributed by atoms with van der Waals surface area (Å²) in [4.78, 5) is 0. The molecule has 0 aliphatic carbocycles. The van der Waals surface area contributed by atoms with Gasteiger partial charge in [-0.05, 0) is 6.07 Å². The summed E-state index contributed by atoms with van der Waals surface area (Å²) in [7, 11) is 0. The molecule has 0 bridgehead atoms. The topological polar surface area (TPSA) is 70.6 Å². The predicted molar refractivity (Wildman–Crippen MR) is 56.1 cm³/mol. The van der Waals surface area contributed by atoms with E-state index in [-0.39, 0.29) is 11.7 Å². The monoisotopic (exact) mass is 211 g/mol. The van der Waals surface area contributed by atoms with E-state index in [9.17, 15) is 4.39 Å². The van der Waals surface area contributed by atoms with Crippen molar-refractivity contribution in [3.63, 3.8) is 0 Å². The summed E-state index contributed by atoms with van der Waals surface area (Å²) in [5, 5.41) is 14.1.